The minimum Gasteiger partial charge on any atom is -0.497 e. The molecule has 3 heteroatoms. The van der Waals surface area contributed by atoms with Crippen LogP contribution in [0, 0.1) is 0 Å². The topological polar surface area (TPSA) is 46.5 Å². The van der Waals surface area contributed by atoms with E-state index in [1.54, 1.807) is 7.11 Å². The Morgan fingerprint density at radius 2 is 1.65 bits per heavy atom. The minimum atomic E-state index is -0.833. The first-order valence-corrected chi connectivity index (χ1v) is 4.86. The predicted octanol–water partition coefficient (Wildman–Crippen LogP) is 3.58. The van der Waals surface area contributed by atoms with E-state index in [4.69, 9.17) is 14.6 Å². The number of carboxylic acid groups (broad SMARTS) is 1. The summed E-state index contributed by atoms with van der Waals surface area (Å²) in [5, 5.41) is 9.88. The lowest BCUT2D eigenvalue weighted by atomic mass is 10.1. The molecule has 0 aromatic heterocycles. The van der Waals surface area contributed by atoms with Crippen LogP contribution < -0.4 is 4.74 Å². The van der Waals surface area contributed by atoms with Gasteiger partial charge >= 0.3 is 0 Å². The Morgan fingerprint density at radius 3 is 2.18 bits per heavy atom. The first kappa shape index (κ1) is 15.0. The number of ether oxygens (including phenoxy) is 1. The molecule has 0 aliphatic heterocycles. The normalized spacial score (nSPS) is 8.59. The largest absolute Gasteiger partial charge is 0.497 e. The second kappa shape index (κ2) is 7.28. The van der Waals surface area contributed by atoms with Gasteiger partial charge in [-0.15, -0.1) is 0 Å². The Hall–Kier alpha value is -2.03. The number of carbonyl (C=O) groups is 1. The number of aliphatic carboxylic acids is 1. The number of rotatable bonds is 1. The van der Waals surface area contributed by atoms with Crippen LogP contribution in [0.3, 0.4) is 0 Å². The zero-order valence-corrected chi connectivity index (χ0v) is 9.31. The van der Waals surface area contributed by atoms with Crippen molar-refractivity contribution in [3.8, 4) is 5.75 Å². The molecule has 0 saturated carbocycles. The van der Waals surface area contributed by atoms with Crippen LogP contribution >= 0.6 is 0 Å². The van der Waals surface area contributed by atoms with Gasteiger partial charge in [0, 0.05) is 6.92 Å². The van der Waals surface area contributed by atoms with Crippen LogP contribution in [0.2, 0.25) is 0 Å². The van der Waals surface area contributed by atoms with Gasteiger partial charge in [-0.25, -0.2) is 0 Å². The fourth-order valence-electron chi connectivity index (χ4n) is 1.29. The fraction of sp³-hybridized carbons (Fsp3) is 0.214. The Kier molecular flexibility index (Phi) is 6.41. The molecule has 0 bridgehead atoms. The fourth-order valence-corrected chi connectivity index (χ4v) is 1.29. The highest BCUT2D eigenvalue weighted by Gasteiger charge is 1.93. The summed E-state index contributed by atoms with van der Waals surface area (Å²) in [4.78, 5) is 9.00. The molecule has 92 valence electrons. The summed E-state index contributed by atoms with van der Waals surface area (Å²) >= 11 is 0. The van der Waals surface area contributed by atoms with Crippen molar-refractivity contribution < 1.29 is 14.6 Å². The molecular weight excluding hydrogens is 216 g/mol. The number of hydrogen-bond donors (Lipinski definition) is 1. The van der Waals surface area contributed by atoms with Crippen molar-refractivity contribution in [2.75, 3.05) is 7.11 Å². The molecule has 0 radical (unpaired) electrons. The monoisotopic (exact) mass is 234 g/mol. The summed E-state index contributed by atoms with van der Waals surface area (Å²) < 4.78 is 5.12. The molecule has 0 amide bonds. The molecule has 2 aromatic carbocycles. The zero-order chi connectivity index (χ0) is 12.0. The first-order chi connectivity index (χ1) is 7.63. The van der Waals surface area contributed by atoms with E-state index in [1.165, 1.54) is 10.8 Å². The maximum atomic E-state index is 9.00. The Bertz CT molecular complexity index is 474. The van der Waals surface area contributed by atoms with Crippen LogP contribution in [-0.2, 0) is 4.79 Å². The van der Waals surface area contributed by atoms with Gasteiger partial charge in [0.1, 0.15) is 5.75 Å². The van der Waals surface area contributed by atoms with Crippen LogP contribution in [0.1, 0.15) is 14.4 Å². The molecule has 17 heavy (non-hydrogen) atoms. The quantitative estimate of drug-likeness (QED) is 0.820. The van der Waals surface area contributed by atoms with E-state index < -0.39 is 5.97 Å². The average molecular weight is 234 g/mol. The lowest BCUT2D eigenvalue weighted by Gasteiger charge is -2.00. The molecule has 0 unspecified atom stereocenters. The van der Waals surface area contributed by atoms with Gasteiger partial charge in [0.15, 0.2) is 0 Å². The summed E-state index contributed by atoms with van der Waals surface area (Å²) in [6, 6.07) is 14.3. The van der Waals surface area contributed by atoms with Gasteiger partial charge in [-0.1, -0.05) is 37.8 Å². The van der Waals surface area contributed by atoms with Crippen LogP contribution in [-0.4, -0.2) is 18.2 Å². The molecule has 3 nitrogen and oxygen atoms in total. The second-order valence-corrected chi connectivity index (χ2v) is 3.23. The molecule has 0 heterocycles. The van der Waals surface area contributed by atoms with E-state index in [9.17, 15) is 0 Å². The third-order valence-corrected chi connectivity index (χ3v) is 1.96. The molecule has 0 spiro atoms. The molecule has 2 aromatic rings. The minimum absolute atomic E-state index is 0. The summed E-state index contributed by atoms with van der Waals surface area (Å²) in [6.07, 6.45) is 0. The van der Waals surface area contributed by atoms with Crippen molar-refractivity contribution in [2.45, 2.75) is 14.4 Å². The average Bonchev–Trinajstić information content (AvgIpc) is 2.27. The zero-order valence-electron chi connectivity index (χ0n) is 9.31. The SMILES string of the molecule is C.CC(=O)O.COc1ccc2ccccc2c1. The van der Waals surface area contributed by atoms with Gasteiger partial charge in [-0.2, -0.15) is 0 Å². The lowest BCUT2D eigenvalue weighted by Crippen LogP contribution is -1.81. The van der Waals surface area contributed by atoms with E-state index >= 15 is 0 Å². The van der Waals surface area contributed by atoms with Gasteiger partial charge in [0.05, 0.1) is 7.11 Å². The summed E-state index contributed by atoms with van der Waals surface area (Å²) in [5.41, 5.74) is 0. The standard InChI is InChI=1S/C11H10O.C2H4O2.CH4/c1-12-11-7-6-9-4-2-3-5-10(9)8-11;1-2(3)4;/h2-8H,1H3;1H3,(H,3,4);1H4. The predicted molar refractivity (Wildman–Crippen MR) is 70.5 cm³/mol. The van der Waals surface area contributed by atoms with Gasteiger partial charge in [-0.05, 0) is 22.9 Å². The smallest absolute Gasteiger partial charge is 0.300 e. The summed E-state index contributed by atoms with van der Waals surface area (Å²) in [6.45, 7) is 1.08. The van der Waals surface area contributed by atoms with Gasteiger partial charge in [0.25, 0.3) is 5.97 Å². The number of benzene rings is 2. The number of methoxy groups -OCH3 is 1. The highest BCUT2D eigenvalue weighted by Crippen LogP contribution is 2.19. The van der Waals surface area contributed by atoms with Gasteiger partial charge < -0.3 is 9.84 Å². The molecular formula is C14H18O3. The molecule has 0 fully saturated rings. The summed E-state index contributed by atoms with van der Waals surface area (Å²) in [7, 11) is 1.68. The van der Waals surface area contributed by atoms with E-state index in [1.807, 2.05) is 24.3 Å². The van der Waals surface area contributed by atoms with Gasteiger partial charge in [0.2, 0.25) is 0 Å². The molecule has 0 saturated heterocycles. The molecule has 1 N–H and O–H groups in total. The molecule has 0 aliphatic carbocycles. The van der Waals surface area contributed by atoms with Crippen molar-refractivity contribution in [3.63, 3.8) is 0 Å². The number of carboxylic acids is 1. The first-order valence-electron chi connectivity index (χ1n) is 4.86. The van der Waals surface area contributed by atoms with Crippen LogP contribution in [0.15, 0.2) is 42.5 Å². The molecule has 0 aliphatic rings. The molecule has 2 rings (SSSR count). The number of fused-ring (bicyclic) bond motifs is 1. The van der Waals surface area contributed by atoms with Gasteiger partial charge in [-0.3, -0.25) is 4.79 Å². The van der Waals surface area contributed by atoms with Crippen LogP contribution in [0.5, 0.6) is 5.75 Å². The van der Waals surface area contributed by atoms with Crippen molar-refractivity contribution in [3.05, 3.63) is 42.5 Å². The Labute approximate surface area is 102 Å². The Morgan fingerprint density at radius 1 is 1.12 bits per heavy atom. The third kappa shape index (κ3) is 5.02. The van der Waals surface area contributed by atoms with Crippen molar-refractivity contribution in [1.29, 1.82) is 0 Å². The lowest BCUT2D eigenvalue weighted by molar-refractivity contribution is -0.134. The summed E-state index contributed by atoms with van der Waals surface area (Å²) in [5.74, 6) is 0.0775. The van der Waals surface area contributed by atoms with E-state index in [0.29, 0.717) is 0 Å². The van der Waals surface area contributed by atoms with Crippen molar-refractivity contribution in [2.24, 2.45) is 0 Å². The van der Waals surface area contributed by atoms with Crippen LogP contribution in [0.25, 0.3) is 10.8 Å². The van der Waals surface area contributed by atoms with Crippen LogP contribution in [0.4, 0.5) is 0 Å². The van der Waals surface area contributed by atoms with Crippen molar-refractivity contribution in [1.82, 2.24) is 0 Å². The van der Waals surface area contributed by atoms with E-state index in [2.05, 4.69) is 18.2 Å². The maximum Gasteiger partial charge on any atom is 0.300 e. The number of hydrogen-bond acceptors (Lipinski definition) is 2. The van der Waals surface area contributed by atoms with E-state index in [0.717, 1.165) is 12.7 Å². The Balaban J connectivity index is 0.000000453. The third-order valence-electron chi connectivity index (χ3n) is 1.96. The second-order valence-electron chi connectivity index (χ2n) is 3.23. The highest BCUT2D eigenvalue weighted by molar-refractivity contribution is 5.83. The maximum absolute atomic E-state index is 9.00. The molecule has 0 atom stereocenters. The van der Waals surface area contributed by atoms with Crippen molar-refractivity contribution >= 4 is 16.7 Å². The van der Waals surface area contributed by atoms with E-state index in [-0.39, 0.29) is 7.43 Å². The highest BCUT2D eigenvalue weighted by atomic mass is 16.5.